The van der Waals surface area contributed by atoms with Crippen molar-refractivity contribution < 1.29 is 9.53 Å². The average Bonchev–Trinajstić information content (AvgIpc) is 2.64. The Balaban J connectivity index is 1.75. The number of carbonyl (C=O) groups excluding carboxylic acids is 1. The molecule has 1 aromatic rings. The summed E-state index contributed by atoms with van der Waals surface area (Å²) in [6, 6.07) is 7.09. The van der Waals surface area contributed by atoms with E-state index >= 15 is 0 Å². The Bertz CT molecular complexity index is 589. The lowest BCUT2D eigenvalue weighted by molar-refractivity contribution is 0.0954. The van der Waals surface area contributed by atoms with Crippen molar-refractivity contribution in [1.82, 2.24) is 16.0 Å². The van der Waals surface area contributed by atoms with Crippen molar-refractivity contribution in [1.29, 1.82) is 0 Å². The molecule has 26 heavy (non-hydrogen) atoms. The van der Waals surface area contributed by atoms with Crippen LogP contribution in [0.5, 0.6) is 5.75 Å². The maximum Gasteiger partial charge on any atom is 0.251 e. The topological polar surface area (TPSA) is 74.8 Å². The van der Waals surface area contributed by atoms with Gasteiger partial charge in [-0.3, -0.25) is 9.79 Å². The highest BCUT2D eigenvalue weighted by molar-refractivity contribution is 5.94. The van der Waals surface area contributed by atoms with Crippen molar-refractivity contribution in [2.24, 2.45) is 10.4 Å². The Kier molecular flexibility index (Phi) is 7.75. The maximum absolute atomic E-state index is 12.1. The molecule has 0 unspecified atom stereocenters. The summed E-state index contributed by atoms with van der Waals surface area (Å²) < 4.78 is 5.10. The van der Waals surface area contributed by atoms with Crippen LogP contribution in [0, 0.1) is 5.41 Å². The maximum atomic E-state index is 12.1. The number of rotatable bonds is 9. The van der Waals surface area contributed by atoms with Gasteiger partial charge in [-0.2, -0.15) is 0 Å². The van der Waals surface area contributed by atoms with Gasteiger partial charge in [-0.05, 0) is 55.9 Å². The fourth-order valence-corrected chi connectivity index (χ4v) is 3.09. The van der Waals surface area contributed by atoms with Gasteiger partial charge in [-0.1, -0.05) is 13.3 Å². The number of benzene rings is 1. The summed E-state index contributed by atoms with van der Waals surface area (Å²) in [4.78, 5) is 16.9. The van der Waals surface area contributed by atoms with E-state index in [1.807, 2.05) is 0 Å². The molecule has 6 nitrogen and oxygen atoms in total. The molecule has 3 N–H and O–H groups in total. The number of nitrogens with one attached hydrogen (secondary N) is 3. The van der Waals surface area contributed by atoms with E-state index in [1.54, 1.807) is 31.4 Å². The highest BCUT2D eigenvalue weighted by atomic mass is 16.5. The summed E-state index contributed by atoms with van der Waals surface area (Å²) in [5.41, 5.74) is 1.03. The number of ether oxygens (including phenoxy) is 1. The Morgan fingerprint density at radius 3 is 2.35 bits per heavy atom. The molecule has 1 aromatic carbocycles. The van der Waals surface area contributed by atoms with Crippen molar-refractivity contribution >= 4 is 11.9 Å². The standard InChI is InChI=1S/C20H32N4O2/c1-4-20(11-6-12-20)15-24-19(21-5-2)23-14-13-22-18(25)16-7-9-17(26-3)10-8-16/h7-10H,4-6,11-15H2,1-3H3,(H,22,25)(H2,21,23,24). The molecule has 0 saturated heterocycles. The van der Waals surface area contributed by atoms with Crippen molar-refractivity contribution in [2.75, 3.05) is 33.3 Å². The third-order valence-corrected chi connectivity index (χ3v) is 5.14. The van der Waals surface area contributed by atoms with Crippen LogP contribution < -0.4 is 20.7 Å². The van der Waals surface area contributed by atoms with E-state index < -0.39 is 0 Å². The van der Waals surface area contributed by atoms with E-state index in [-0.39, 0.29) is 5.91 Å². The zero-order valence-electron chi connectivity index (χ0n) is 16.2. The fourth-order valence-electron chi connectivity index (χ4n) is 3.09. The molecule has 0 aromatic heterocycles. The number of aliphatic imine (C=N–C) groups is 1. The average molecular weight is 361 g/mol. The summed E-state index contributed by atoms with van der Waals surface area (Å²) in [7, 11) is 1.61. The van der Waals surface area contributed by atoms with Gasteiger partial charge >= 0.3 is 0 Å². The Labute approximate surface area is 156 Å². The molecular formula is C20H32N4O2. The SMILES string of the molecule is CCNC(=NCC1(CC)CCC1)NCCNC(=O)c1ccc(OC)cc1. The molecule has 0 heterocycles. The number of amides is 1. The first-order valence-electron chi connectivity index (χ1n) is 9.57. The third kappa shape index (κ3) is 5.64. The second-order valence-electron chi connectivity index (χ2n) is 6.81. The molecule has 0 aliphatic heterocycles. The monoisotopic (exact) mass is 360 g/mol. The molecule has 2 rings (SSSR count). The minimum atomic E-state index is -0.0872. The molecule has 0 atom stereocenters. The molecule has 0 bridgehead atoms. The van der Waals surface area contributed by atoms with Crippen LogP contribution in [0.1, 0.15) is 49.9 Å². The van der Waals surface area contributed by atoms with Crippen molar-refractivity contribution in [3.63, 3.8) is 0 Å². The van der Waals surface area contributed by atoms with E-state index in [1.165, 1.54) is 25.7 Å². The predicted molar refractivity (Wildman–Crippen MR) is 106 cm³/mol. The highest BCUT2D eigenvalue weighted by Gasteiger charge is 2.34. The molecule has 0 spiro atoms. The van der Waals surface area contributed by atoms with Crippen LogP contribution in [0.15, 0.2) is 29.3 Å². The van der Waals surface area contributed by atoms with Crippen LogP contribution in [0.25, 0.3) is 0 Å². The van der Waals surface area contributed by atoms with Crippen LogP contribution in [0.3, 0.4) is 0 Å². The van der Waals surface area contributed by atoms with Gasteiger partial charge in [0.25, 0.3) is 5.91 Å². The largest absolute Gasteiger partial charge is 0.497 e. The van der Waals surface area contributed by atoms with Gasteiger partial charge in [0.1, 0.15) is 5.75 Å². The number of carbonyl (C=O) groups is 1. The van der Waals surface area contributed by atoms with Gasteiger partial charge < -0.3 is 20.7 Å². The zero-order valence-corrected chi connectivity index (χ0v) is 16.2. The number of hydrogen-bond donors (Lipinski definition) is 3. The van der Waals surface area contributed by atoms with Gasteiger partial charge in [0.15, 0.2) is 5.96 Å². The van der Waals surface area contributed by atoms with Gasteiger partial charge in [0.2, 0.25) is 0 Å². The second kappa shape index (κ2) is 10.0. The molecule has 1 saturated carbocycles. The smallest absolute Gasteiger partial charge is 0.251 e. The molecular weight excluding hydrogens is 328 g/mol. The van der Waals surface area contributed by atoms with E-state index in [0.29, 0.717) is 24.1 Å². The van der Waals surface area contributed by atoms with Crippen molar-refractivity contribution in [3.05, 3.63) is 29.8 Å². The molecule has 1 aliphatic rings. The summed E-state index contributed by atoms with van der Waals surface area (Å²) in [5, 5.41) is 9.48. The van der Waals surface area contributed by atoms with Crippen molar-refractivity contribution in [2.45, 2.75) is 39.5 Å². The molecule has 1 fully saturated rings. The molecule has 144 valence electrons. The van der Waals surface area contributed by atoms with E-state index in [9.17, 15) is 4.79 Å². The van der Waals surface area contributed by atoms with Gasteiger partial charge in [-0.15, -0.1) is 0 Å². The lowest BCUT2D eigenvalue weighted by Crippen LogP contribution is -2.42. The highest BCUT2D eigenvalue weighted by Crippen LogP contribution is 2.43. The van der Waals surface area contributed by atoms with Crippen molar-refractivity contribution in [3.8, 4) is 5.75 Å². The van der Waals surface area contributed by atoms with E-state index in [4.69, 9.17) is 9.73 Å². The Hall–Kier alpha value is -2.24. The minimum Gasteiger partial charge on any atom is -0.497 e. The second-order valence-corrected chi connectivity index (χ2v) is 6.81. The van der Waals surface area contributed by atoms with Crippen LogP contribution in [0.4, 0.5) is 0 Å². The molecule has 1 amide bonds. The zero-order chi connectivity index (χ0) is 18.8. The fraction of sp³-hybridized carbons (Fsp3) is 0.600. The Morgan fingerprint density at radius 2 is 1.81 bits per heavy atom. The quantitative estimate of drug-likeness (QED) is 0.359. The first kappa shape index (κ1) is 20.1. The predicted octanol–water partition coefficient (Wildman–Crippen LogP) is 2.56. The van der Waals surface area contributed by atoms with Crippen LogP contribution >= 0.6 is 0 Å². The van der Waals surface area contributed by atoms with Gasteiger partial charge in [-0.25, -0.2) is 0 Å². The number of hydrogen-bond acceptors (Lipinski definition) is 3. The first-order chi connectivity index (χ1) is 12.6. The number of methoxy groups -OCH3 is 1. The lowest BCUT2D eigenvalue weighted by atomic mass is 9.67. The minimum absolute atomic E-state index is 0.0872. The summed E-state index contributed by atoms with van der Waals surface area (Å²) in [6.45, 7) is 7.17. The van der Waals surface area contributed by atoms with Crippen LogP contribution in [-0.2, 0) is 0 Å². The van der Waals surface area contributed by atoms with E-state index in [0.717, 1.165) is 24.8 Å². The molecule has 6 heteroatoms. The number of guanidine groups is 1. The summed E-state index contributed by atoms with van der Waals surface area (Å²) >= 11 is 0. The third-order valence-electron chi connectivity index (χ3n) is 5.14. The summed E-state index contributed by atoms with van der Waals surface area (Å²) in [5.74, 6) is 1.48. The summed E-state index contributed by atoms with van der Waals surface area (Å²) in [6.07, 6.45) is 5.08. The normalized spacial score (nSPS) is 15.7. The Morgan fingerprint density at radius 1 is 1.12 bits per heavy atom. The first-order valence-corrected chi connectivity index (χ1v) is 9.57. The van der Waals surface area contributed by atoms with Gasteiger partial charge in [0, 0.05) is 31.7 Å². The lowest BCUT2D eigenvalue weighted by Gasteiger charge is -2.40. The van der Waals surface area contributed by atoms with Crippen LogP contribution in [0.2, 0.25) is 0 Å². The molecule has 0 radical (unpaired) electrons. The number of nitrogens with zero attached hydrogens (tertiary/aromatic N) is 1. The van der Waals surface area contributed by atoms with Gasteiger partial charge in [0.05, 0.1) is 7.11 Å². The van der Waals surface area contributed by atoms with E-state index in [2.05, 4.69) is 29.8 Å². The molecule has 1 aliphatic carbocycles. The van der Waals surface area contributed by atoms with Crippen LogP contribution in [-0.4, -0.2) is 45.2 Å².